The fraction of sp³-hybridized carbons (Fsp3) is 0.405. The normalized spacial score (nSPS) is 18.1. The number of methoxy groups -OCH3 is 1. The molecule has 3 aromatic carbocycles. The number of aliphatic hydroxyl groups excluding tert-OH is 1. The predicted octanol–water partition coefficient (Wildman–Crippen LogP) is 3.92. The summed E-state index contributed by atoms with van der Waals surface area (Å²) < 4.78 is 15.9. The molecule has 2 heterocycles. The molecule has 5 rings (SSSR count). The van der Waals surface area contributed by atoms with Gasteiger partial charge >= 0.3 is 12.2 Å². The van der Waals surface area contributed by atoms with E-state index in [0.29, 0.717) is 36.3 Å². The van der Waals surface area contributed by atoms with Crippen molar-refractivity contribution in [2.24, 2.45) is 0 Å². The maximum atomic E-state index is 13.9. The topological polar surface area (TPSA) is 233 Å². The van der Waals surface area contributed by atoms with Gasteiger partial charge in [-0.2, -0.15) is 11.8 Å². The summed E-state index contributed by atoms with van der Waals surface area (Å²) in [5, 5.41) is 37.3. The summed E-state index contributed by atoms with van der Waals surface area (Å²) in [6.45, 7) is 0.237. The molecule has 0 aromatic heterocycles. The van der Waals surface area contributed by atoms with Crippen LogP contribution >= 0.6 is 11.8 Å². The van der Waals surface area contributed by atoms with Crippen LogP contribution in [0.3, 0.4) is 0 Å². The van der Waals surface area contributed by atoms with E-state index in [0.717, 1.165) is 11.3 Å². The van der Waals surface area contributed by atoms with Crippen LogP contribution in [-0.2, 0) is 38.0 Å². The summed E-state index contributed by atoms with van der Waals surface area (Å²) in [5.74, 6) is 0.616. The van der Waals surface area contributed by atoms with Crippen molar-refractivity contribution in [3.05, 3.63) is 110 Å². The van der Waals surface area contributed by atoms with E-state index in [4.69, 9.17) is 14.2 Å². The van der Waals surface area contributed by atoms with Crippen molar-refractivity contribution in [2.45, 2.75) is 61.7 Å². The van der Waals surface area contributed by atoms with Crippen molar-refractivity contribution >= 4 is 47.1 Å². The van der Waals surface area contributed by atoms with Crippen LogP contribution in [0.5, 0.6) is 5.75 Å². The van der Waals surface area contributed by atoms with Gasteiger partial charge in [-0.3, -0.25) is 34.7 Å². The van der Waals surface area contributed by atoms with E-state index in [1.165, 1.54) is 53.4 Å². The Morgan fingerprint density at radius 1 is 0.875 bits per heavy atom. The van der Waals surface area contributed by atoms with Crippen LogP contribution in [0.1, 0.15) is 36.0 Å². The number of nitro benzene ring substituents is 2. The molecule has 298 valence electrons. The van der Waals surface area contributed by atoms with Gasteiger partial charge in [0.25, 0.3) is 11.4 Å². The fourth-order valence-electron chi connectivity index (χ4n) is 6.21. The summed E-state index contributed by atoms with van der Waals surface area (Å²) in [6, 6.07) is 17.5. The van der Waals surface area contributed by atoms with Crippen LogP contribution < -0.4 is 15.4 Å². The van der Waals surface area contributed by atoms with Crippen LogP contribution in [0.25, 0.3) is 0 Å². The van der Waals surface area contributed by atoms with Crippen LogP contribution in [0.4, 0.5) is 21.0 Å². The van der Waals surface area contributed by atoms with Gasteiger partial charge in [0, 0.05) is 67.5 Å². The van der Waals surface area contributed by atoms with Gasteiger partial charge in [0.05, 0.1) is 29.5 Å². The van der Waals surface area contributed by atoms with Crippen LogP contribution in [0.2, 0.25) is 0 Å². The first kappa shape index (κ1) is 41.2. The van der Waals surface area contributed by atoms with Gasteiger partial charge in [0.15, 0.2) is 0 Å². The smallest absolute Gasteiger partial charge is 0.410 e. The number of likely N-dealkylation sites (tertiary alicyclic amines) is 2. The number of thioether (sulfide) groups is 1. The van der Waals surface area contributed by atoms with Gasteiger partial charge in [-0.15, -0.1) is 0 Å². The third-order valence-corrected chi connectivity index (χ3v) is 10.5. The number of benzene rings is 3. The predicted molar refractivity (Wildman–Crippen MR) is 202 cm³/mol. The minimum Gasteiger partial charge on any atom is -0.497 e. The Morgan fingerprint density at radius 2 is 1.46 bits per heavy atom. The molecule has 18 nitrogen and oxygen atoms in total. The van der Waals surface area contributed by atoms with Crippen molar-refractivity contribution in [1.82, 2.24) is 20.4 Å². The number of hydrogen-bond donors (Lipinski definition) is 3. The molecule has 2 fully saturated rings. The lowest BCUT2D eigenvalue weighted by Crippen LogP contribution is -2.48. The summed E-state index contributed by atoms with van der Waals surface area (Å²) in [5.41, 5.74) is 1.94. The number of nitrogens with zero attached hydrogens (tertiary/aromatic N) is 4. The lowest BCUT2D eigenvalue weighted by Gasteiger charge is -2.27. The van der Waals surface area contributed by atoms with Gasteiger partial charge in [-0.05, 0) is 65.9 Å². The molecule has 2 aliphatic rings. The van der Waals surface area contributed by atoms with Crippen molar-refractivity contribution in [3.63, 3.8) is 0 Å². The van der Waals surface area contributed by atoms with Gasteiger partial charge in [-0.25, -0.2) is 9.59 Å². The number of ether oxygens (including phenoxy) is 3. The molecule has 3 aromatic rings. The van der Waals surface area contributed by atoms with Crippen LogP contribution in [0, 0.1) is 20.2 Å². The van der Waals surface area contributed by atoms with Crippen LogP contribution in [-0.4, -0.2) is 105 Å². The molecule has 4 amide bonds. The number of aliphatic hydroxyl groups is 1. The summed E-state index contributed by atoms with van der Waals surface area (Å²) >= 11 is 1.62. The molecule has 4 atom stereocenters. The number of non-ortho nitro benzene ring substituents is 2. The summed E-state index contributed by atoms with van der Waals surface area (Å²) in [7, 11) is 1.59. The van der Waals surface area contributed by atoms with E-state index < -0.39 is 46.1 Å². The number of nitrogens with one attached hydrogen (secondary N) is 2. The number of hydrogen-bond acceptors (Lipinski definition) is 13. The first-order valence-electron chi connectivity index (χ1n) is 17.7. The highest BCUT2D eigenvalue weighted by Gasteiger charge is 2.43. The van der Waals surface area contributed by atoms with E-state index in [1.54, 1.807) is 23.8 Å². The minimum atomic E-state index is -1.22. The van der Waals surface area contributed by atoms with Crippen LogP contribution in [0.15, 0.2) is 72.8 Å². The molecule has 0 saturated carbocycles. The quantitative estimate of drug-likeness (QED) is 0.138. The highest BCUT2D eigenvalue weighted by Crippen LogP contribution is 2.32. The monoisotopic (exact) mass is 794 g/mol. The fourth-order valence-corrected chi connectivity index (χ4v) is 7.41. The first-order valence-corrected chi connectivity index (χ1v) is 18.7. The zero-order valence-corrected chi connectivity index (χ0v) is 31.3. The second kappa shape index (κ2) is 19.6. The average Bonchev–Trinajstić information content (AvgIpc) is 3.85. The largest absolute Gasteiger partial charge is 0.497 e. The molecule has 0 bridgehead atoms. The van der Waals surface area contributed by atoms with E-state index in [-0.39, 0.29) is 61.8 Å². The van der Waals surface area contributed by atoms with Gasteiger partial charge in [0.1, 0.15) is 25.0 Å². The number of alkyl carbamates (subject to hydrolysis) is 1. The lowest BCUT2D eigenvalue weighted by atomic mass is 10.2. The zero-order chi connectivity index (χ0) is 40.2. The van der Waals surface area contributed by atoms with Gasteiger partial charge < -0.3 is 34.9 Å². The molecular formula is C37H42N6O12S. The molecule has 0 spiro atoms. The molecule has 0 radical (unpaired) electrons. The van der Waals surface area contributed by atoms with Crippen molar-refractivity contribution < 1.29 is 48.3 Å². The Morgan fingerprint density at radius 3 is 2.05 bits per heavy atom. The van der Waals surface area contributed by atoms with Crippen molar-refractivity contribution in [2.75, 3.05) is 33.3 Å². The SMILES string of the molecule is COc1ccc(CS[C@H]2C[C@@H](C(=O)N3CC[C@H](NC(=O)CC(O)CNC(=O)OCc4ccc([N+](=O)[O-])cc4)C3)N(C(=O)OCc3ccc([N+](=O)[O-])cc3)C2)cc1. The zero-order valence-electron chi connectivity index (χ0n) is 30.4. The molecule has 19 heteroatoms. The molecule has 2 saturated heterocycles. The first-order chi connectivity index (χ1) is 26.9. The van der Waals surface area contributed by atoms with E-state index in [1.807, 2.05) is 24.3 Å². The highest BCUT2D eigenvalue weighted by molar-refractivity contribution is 7.99. The minimum absolute atomic E-state index is 0.0780. The van der Waals surface area contributed by atoms with E-state index >= 15 is 0 Å². The summed E-state index contributed by atoms with van der Waals surface area (Å²) in [4.78, 5) is 75.9. The van der Waals surface area contributed by atoms with E-state index in [9.17, 15) is 44.5 Å². The molecular weight excluding hydrogens is 753 g/mol. The Balaban J connectivity index is 1.10. The third kappa shape index (κ3) is 11.8. The molecule has 1 unspecified atom stereocenters. The number of nitro groups is 2. The number of rotatable bonds is 16. The van der Waals surface area contributed by atoms with Gasteiger partial charge in [-0.1, -0.05) is 12.1 Å². The Labute approximate surface area is 325 Å². The van der Waals surface area contributed by atoms with Gasteiger partial charge in [0.2, 0.25) is 11.8 Å². The summed E-state index contributed by atoms with van der Waals surface area (Å²) in [6.07, 6.45) is -2.24. The number of carbonyl (C=O) groups is 4. The highest BCUT2D eigenvalue weighted by atomic mass is 32.2. The molecule has 56 heavy (non-hydrogen) atoms. The maximum Gasteiger partial charge on any atom is 0.410 e. The molecule has 2 aliphatic heterocycles. The second-order valence-electron chi connectivity index (χ2n) is 13.2. The standard InChI is InChI=1S/C37H42N6O12S/c1-53-31-12-6-26(7-13-31)23-56-32-17-33(41(20-32)37(48)55-22-25-4-10-29(11-5-25)43(51)52)35(46)40-15-14-27(19-40)39-34(45)16-30(44)18-38-36(47)54-21-24-2-8-28(9-3-24)42(49)50/h2-13,27,30,32-33,44H,14-23H2,1H3,(H,38,47)(H,39,45)/t27-,30?,32-,33-/m0/s1. The molecule has 3 N–H and O–H groups in total. The maximum absolute atomic E-state index is 13.9. The van der Waals surface area contributed by atoms with E-state index in [2.05, 4.69) is 10.6 Å². The molecule has 0 aliphatic carbocycles. The Hall–Kier alpha value is -5.95. The lowest BCUT2D eigenvalue weighted by molar-refractivity contribution is -0.385. The average molecular weight is 795 g/mol. The number of amides is 4. The van der Waals surface area contributed by atoms with Crippen molar-refractivity contribution in [1.29, 1.82) is 0 Å². The van der Waals surface area contributed by atoms with Crippen molar-refractivity contribution in [3.8, 4) is 5.75 Å². The third-order valence-electron chi connectivity index (χ3n) is 9.22. The Bertz CT molecular complexity index is 1860. The second-order valence-corrected chi connectivity index (χ2v) is 14.5. The number of carbonyl (C=O) groups excluding carboxylic acids is 4. The Kier molecular flexibility index (Phi) is 14.4.